The summed E-state index contributed by atoms with van der Waals surface area (Å²) in [6.07, 6.45) is 68.7. The highest BCUT2D eigenvalue weighted by Gasteiger charge is 2.16. The van der Waals surface area contributed by atoms with Crippen LogP contribution in [-0.2, 0) is 19.1 Å². The largest absolute Gasteiger partial charge is 0.462 e. The predicted octanol–water partition coefficient (Wildman–Crippen LogP) is 18.9. The number of allylic oxidation sites excluding steroid dienone is 4. The minimum Gasteiger partial charge on any atom is -0.462 e. The Morgan fingerprint density at radius 2 is 0.635 bits per heavy atom. The van der Waals surface area contributed by atoms with E-state index in [9.17, 15) is 14.7 Å². The molecule has 0 heterocycles. The number of aliphatic hydroxyl groups is 1. The van der Waals surface area contributed by atoms with E-state index < -0.39 is 6.10 Å². The number of carbonyl (C=O) groups excluding carboxylic acids is 2. The molecule has 0 spiro atoms. The molecule has 0 amide bonds. The van der Waals surface area contributed by atoms with Crippen molar-refractivity contribution < 1.29 is 24.2 Å². The van der Waals surface area contributed by atoms with Crippen molar-refractivity contribution in [3.63, 3.8) is 0 Å². The van der Waals surface area contributed by atoms with Gasteiger partial charge in [0, 0.05) is 12.8 Å². The number of hydrogen-bond acceptors (Lipinski definition) is 5. The molecule has 0 aliphatic heterocycles. The highest BCUT2D eigenvalue weighted by molar-refractivity contribution is 5.70. The normalized spacial score (nSPS) is 12.2. The second kappa shape index (κ2) is 54.7. The summed E-state index contributed by atoms with van der Waals surface area (Å²) in [5, 5.41) is 9.65. The van der Waals surface area contributed by atoms with Crippen molar-refractivity contribution >= 4 is 11.9 Å². The Kier molecular flexibility index (Phi) is 53.3. The average Bonchev–Trinajstić information content (AvgIpc) is 3.29. The average molecular weight is 888 g/mol. The Hall–Kier alpha value is -1.62. The predicted molar refractivity (Wildman–Crippen MR) is 275 cm³/mol. The third-order valence-corrected chi connectivity index (χ3v) is 13.0. The van der Waals surface area contributed by atoms with Gasteiger partial charge in [-0.1, -0.05) is 282 Å². The highest BCUT2D eigenvalue weighted by Crippen LogP contribution is 2.17. The Morgan fingerprint density at radius 1 is 0.365 bits per heavy atom. The monoisotopic (exact) mass is 887 g/mol. The van der Waals surface area contributed by atoms with Gasteiger partial charge in [-0.25, -0.2) is 0 Å². The maximum Gasteiger partial charge on any atom is 0.306 e. The fraction of sp³-hybridized carbons (Fsp3) is 0.897. The minimum absolute atomic E-state index is 0.0592. The van der Waals surface area contributed by atoms with Crippen molar-refractivity contribution in [2.45, 2.75) is 322 Å². The van der Waals surface area contributed by atoms with Gasteiger partial charge in [0.25, 0.3) is 0 Å². The SMILES string of the molecule is CCCCCCC/C=C\C/C=C\CCCCCCCCCCCCCCCCCC(=O)OC(CO)COC(=O)CCCCCCCCCCCCCCCCCCCCCCCC. The first-order chi connectivity index (χ1) is 31.1. The molecule has 0 aliphatic rings. The molecule has 0 aromatic rings. The Morgan fingerprint density at radius 3 is 0.937 bits per heavy atom. The molecule has 0 aliphatic carbocycles. The second-order valence-electron chi connectivity index (χ2n) is 19.4. The van der Waals surface area contributed by atoms with Crippen LogP contribution in [0.5, 0.6) is 0 Å². The van der Waals surface area contributed by atoms with Gasteiger partial charge in [0.1, 0.15) is 6.61 Å². The Bertz CT molecular complexity index is 959. The van der Waals surface area contributed by atoms with Gasteiger partial charge < -0.3 is 14.6 Å². The first kappa shape index (κ1) is 61.4. The number of hydrogen-bond donors (Lipinski definition) is 1. The van der Waals surface area contributed by atoms with E-state index >= 15 is 0 Å². The number of esters is 2. The number of ether oxygens (including phenoxy) is 2. The lowest BCUT2D eigenvalue weighted by Gasteiger charge is -2.15. The van der Waals surface area contributed by atoms with Crippen molar-refractivity contribution in [2.24, 2.45) is 0 Å². The van der Waals surface area contributed by atoms with Crippen LogP contribution in [-0.4, -0.2) is 36.4 Å². The summed E-state index contributed by atoms with van der Waals surface area (Å²) in [6, 6.07) is 0. The maximum atomic E-state index is 12.3. The van der Waals surface area contributed by atoms with Crippen LogP contribution in [0.3, 0.4) is 0 Å². The van der Waals surface area contributed by atoms with Crippen LogP contribution in [0.2, 0.25) is 0 Å². The lowest BCUT2D eigenvalue weighted by Crippen LogP contribution is -2.28. The molecule has 1 N–H and O–H groups in total. The fourth-order valence-corrected chi connectivity index (χ4v) is 8.71. The molecule has 1 atom stereocenters. The van der Waals surface area contributed by atoms with Gasteiger partial charge in [0.05, 0.1) is 6.61 Å². The van der Waals surface area contributed by atoms with Gasteiger partial charge in [-0.05, 0) is 44.9 Å². The third kappa shape index (κ3) is 52.9. The number of aliphatic hydroxyl groups excluding tert-OH is 1. The topological polar surface area (TPSA) is 72.8 Å². The van der Waals surface area contributed by atoms with Crippen molar-refractivity contribution in [2.75, 3.05) is 13.2 Å². The molecule has 5 nitrogen and oxygen atoms in total. The summed E-state index contributed by atoms with van der Waals surface area (Å²) in [4.78, 5) is 24.5. The summed E-state index contributed by atoms with van der Waals surface area (Å²) in [5.74, 6) is -0.570. The molecule has 1 unspecified atom stereocenters. The molecule has 0 bridgehead atoms. The van der Waals surface area contributed by atoms with Crippen LogP contribution >= 0.6 is 0 Å². The second-order valence-corrected chi connectivity index (χ2v) is 19.4. The third-order valence-electron chi connectivity index (χ3n) is 13.0. The molecule has 0 saturated carbocycles. The fourth-order valence-electron chi connectivity index (χ4n) is 8.71. The van der Waals surface area contributed by atoms with Crippen molar-refractivity contribution in [1.29, 1.82) is 0 Å². The zero-order valence-electron chi connectivity index (χ0n) is 42.6. The smallest absolute Gasteiger partial charge is 0.306 e. The van der Waals surface area contributed by atoms with Crippen LogP contribution in [0, 0.1) is 0 Å². The standard InChI is InChI=1S/C58H110O5/c1-3-5-7-9-11-13-15-17-19-21-23-25-27-28-29-30-31-33-35-37-39-41-43-45-47-49-51-53-58(61)63-56(54-59)55-62-57(60)52-50-48-46-44-42-40-38-36-34-32-26-24-22-20-18-16-14-12-10-8-6-4-2/h15,17,21,23,56,59H,3-14,16,18-20,22,24-55H2,1-2H3/b17-15-,23-21-. The van der Waals surface area contributed by atoms with Crippen LogP contribution in [0.25, 0.3) is 0 Å². The summed E-state index contributed by atoms with van der Waals surface area (Å²) in [7, 11) is 0. The van der Waals surface area contributed by atoms with Gasteiger partial charge in [-0.15, -0.1) is 0 Å². The molecule has 63 heavy (non-hydrogen) atoms. The van der Waals surface area contributed by atoms with Crippen LogP contribution in [0.4, 0.5) is 0 Å². The van der Waals surface area contributed by atoms with E-state index in [-0.39, 0.29) is 25.2 Å². The summed E-state index contributed by atoms with van der Waals surface area (Å²) in [6.45, 7) is 4.18. The van der Waals surface area contributed by atoms with E-state index in [4.69, 9.17) is 9.47 Å². The van der Waals surface area contributed by atoms with Gasteiger partial charge in [-0.3, -0.25) is 9.59 Å². The first-order valence-electron chi connectivity index (χ1n) is 28.4. The van der Waals surface area contributed by atoms with Crippen molar-refractivity contribution in [3.05, 3.63) is 24.3 Å². The Labute approximate surface area is 394 Å². The van der Waals surface area contributed by atoms with Crippen LogP contribution in [0.1, 0.15) is 316 Å². The number of rotatable bonds is 53. The van der Waals surface area contributed by atoms with E-state index in [1.807, 2.05) is 0 Å². The van der Waals surface area contributed by atoms with Crippen LogP contribution in [0.15, 0.2) is 24.3 Å². The minimum atomic E-state index is -0.768. The van der Waals surface area contributed by atoms with Gasteiger partial charge in [0.15, 0.2) is 6.10 Å². The molecule has 0 rings (SSSR count). The van der Waals surface area contributed by atoms with Gasteiger partial charge in [0.2, 0.25) is 0 Å². The maximum absolute atomic E-state index is 12.3. The summed E-state index contributed by atoms with van der Waals surface area (Å²) >= 11 is 0. The molecule has 0 saturated heterocycles. The van der Waals surface area contributed by atoms with Crippen LogP contribution < -0.4 is 0 Å². The lowest BCUT2D eigenvalue weighted by atomic mass is 10.0. The molecule has 372 valence electrons. The zero-order chi connectivity index (χ0) is 45.6. The zero-order valence-corrected chi connectivity index (χ0v) is 42.6. The van der Waals surface area contributed by atoms with Gasteiger partial charge >= 0.3 is 11.9 Å². The van der Waals surface area contributed by atoms with E-state index in [2.05, 4.69) is 38.2 Å². The van der Waals surface area contributed by atoms with Crippen molar-refractivity contribution in [1.82, 2.24) is 0 Å². The number of unbranched alkanes of at least 4 members (excludes halogenated alkanes) is 41. The Balaban J connectivity index is 3.43. The van der Waals surface area contributed by atoms with E-state index in [1.165, 1.54) is 250 Å². The van der Waals surface area contributed by atoms with Gasteiger partial charge in [-0.2, -0.15) is 0 Å². The van der Waals surface area contributed by atoms with E-state index in [0.717, 1.165) is 38.5 Å². The summed E-state index contributed by atoms with van der Waals surface area (Å²) < 4.78 is 10.7. The molecule has 0 radical (unpaired) electrons. The van der Waals surface area contributed by atoms with Crippen molar-refractivity contribution in [3.8, 4) is 0 Å². The first-order valence-corrected chi connectivity index (χ1v) is 28.4. The lowest BCUT2D eigenvalue weighted by molar-refractivity contribution is -0.161. The highest BCUT2D eigenvalue weighted by atomic mass is 16.6. The molecular formula is C58H110O5. The molecule has 0 aromatic carbocycles. The molecule has 0 aromatic heterocycles. The molecule has 0 fully saturated rings. The van der Waals surface area contributed by atoms with E-state index in [1.54, 1.807) is 0 Å². The summed E-state index contributed by atoms with van der Waals surface area (Å²) in [5.41, 5.74) is 0. The van der Waals surface area contributed by atoms with E-state index in [0.29, 0.717) is 12.8 Å². The molecule has 5 heteroatoms. The molecular weight excluding hydrogens is 777 g/mol. The number of carbonyl (C=O) groups is 2. The quantitative estimate of drug-likeness (QED) is 0.0374.